The van der Waals surface area contributed by atoms with Crippen LogP contribution in [0.1, 0.15) is 41.4 Å². The third kappa shape index (κ3) is 2.72. The summed E-state index contributed by atoms with van der Waals surface area (Å²) < 4.78 is 0. The van der Waals surface area contributed by atoms with Gasteiger partial charge in [0.05, 0.1) is 0 Å². The zero-order valence-corrected chi connectivity index (χ0v) is 18.4. The van der Waals surface area contributed by atoms with Gasteiger partial charge in [0.2, 0.25) is 11.8 Å². The van der Waals surface area contributed by atoms with E-state index >= 15 is 0 Å². The van der Waals surface area contributed by atoms with Gasteiger partial charge in [-0.3, -0.25) is 19.2 Å². The number of rotatable bonds is 4. The predicted molar refractivity (Wildman–Crippen MR) is 131 cm³/mol. The smallest absolute Gasteiger partial charge is 0.251 e. The summed E-state index contributed by atoms with van der Waals surface area (Å²) in [5.41, 5.74) is 12.4. The van der Waals surface area contributed by atoms with Crippen LogP contribution in [-0.4, -0.2) is 37.7 Å². The molecule has 0 unspecified atom stereocenters. The highest BCUT2D eigenvalue weighted by Gasteiger charge is 2.24. The van der Waals surface area contributed by atoms with Crippen LogP contribution in [-0.2, 0) is 0 Å². The van der Waals surface area contributed by atoms with E-state index in [2.05, 4.69) is 10.6 Å². The number of nitrogens with one attached hydrogen (secondary N) is 2. The Morgan fingerprint density at radius 2 is 0.794 bits per heavy atom. The molecule has 6 N–H and O–H groups in total. The minimum atomic E-state index is -0.674. The van der Waals surface area contributed by atoms with Gasteiger partial charge in [-0.15, -0.1) is 0 Å². The van der Waals surface area contributed by atoms with E-state index in [0.29, 0.717) is 27.3 Å². The number of nitrogens with two attached hydrogens (primary N) is 2. The summed E-state index contributed by atoms with van der Waals surface area (Å²) in [6.45, 7) is 0. The van der Waals surface area contributed by atoms with E-state index in [1.165, 1.54) is 14.1 Å². The monoisotopic (exact) mass is 452 g/mol. The van der Waals surface area contributed by atoms with Crippen LogP contribution in [0.25, 0.3) is 43.1 Å². The molecule has 0 aliphatic rings. The van der Waals surface area contributed by atoms with E-state index in [4.69, 9.17) is 11.5 Å². The molecule has 0 spiro atoms. The van der Waals surface area contributed by atoms with Crippen molar-refractivity contribution in [2.45, 2.75) is 0 Å². The van der Waals surface area contributed by atoms with Gasteiger partial charge in [0.1, 0.15) is 0 Å². The fourth-order valence-corrected chi connectivity index (χ4v) is 4.95. The summed E-state index contributed by atoms with van der Waals surface area (Å²) in [6, 6.07) is 13.6. The van der Waals surface area contributed by atoms with Gasteiger partial charge < -0.3 is 22.1 Å². The molecule has 0 heterocycles. The summed E-state index contributed by atoms with van der Waals surface area (Å²) in [7, 11) is 3.06. The van der Waals surface area contributed by atoms with Crippen molar-refractivity contribution in [3.05, 3.63) is 70.8 Å². The van der Waals surface area contributed by atoms with Gasteiger partial charge in [0.15, 0.2) is 0 Å². The minimum Gasteiger partial charge on any atom is -0.366 e. The molecule has 34 heavy (non-hydrogen) atoms. The van der Waals surface area contributed by atoms with Crippen LogP contribution in [0.15, 0.2) is 48.5 Å². The largest absolute Gasteiger partial charge is 0.366 e. The Hall–Kier alpha value is -4.72. The molecule has 168 valence electrons. The molecule has 8 nitrogen and oxygen atoms in total. The van der Waals surface area contributed by atoms with Gasteiger partial charge in [-0.05, 0) is 56.6 Å². The Labute approximate surface area is 193 Å². The van der Waals surface area contributed by atoms with Crippen LogP contribution >= 0.6 is 0 Å². The van der Waals surface area contributed by atoms with E-state index in [1.54, 1.807) is 36.4 Å². The molecule has 5 rings (SSSR count). The third-order valence-electron chi connectivity index (χ3n) is 6.38. The number of primary amides is 2. The zero-order chi connectivity index (χ0) is 24.3. The van der Waals surface area contributed by atoms with Crippen molar-refractivity contribution < 1.29 is 19.2 Å². The lowest BCUT2D eigenvalue weighted by molar-refractivity contribution is 0.0961. The third-order valence-corrected chi connectivity index (χ3v) is 6.38. The molecule has 5 aromatic carbocycles. The maximum atomic E-state index is 12.7. The Morgan fingerprint density at radius 1 is 0.500 bits per heavy atom. The second kappa shape index (κ2) is 7.41. The molecular weight excluding hydrogens is 432 g/mol. The van der Waals surface area contributed by atoms with Crippen LogP contribution < -0.4 is 22.1 Å². The maximum absolute atomic E-state index is 12.7. The highest BCUT2D eigenvalue weighted by molar-refractivity contribution is 6.38. The van der Waals surface area contributed by atoms with Crippen molar-refractivity contribution in [3.63, 3.8) is 0 Å². The molecule has 0 aromatic heterocycles. The molecule has 0 aliphatic carbocycles. The van der Waals surface area contributed by atoms with Gasteiger partial charge >= 0.3 is 0 Å². The van der Waals surface area contributed by atoms with Crippen LogP contribution in [0.2, 0.25) is 0 Å². The zero-order valence-electron chi connectivity index (χ0n) is 18.4. The molecule has 0 fully saturated rings. The maximum Gasteiger partial charge on any atom is 0.251 e. The van der Waals surface area contributed by atoms with Crippen LogP contribution in [0, 0.1) is 0 Å². The van der Waals surface area contributed by atoms with Gasteiger partial charge in [0.25, 0.3) is 11.8 Å². The number of fused-ring (bicyclic) bond motifs is 2. The van der Waals surface area contributed by atoms with Crippen molar-refractivity contribution >= 4 is 66.7 Å². The van der Waals surface area contributed by atoms with Crippen molar-refractivity contribution in [2.75, 3.05) is 14.1 Å². The van der Waals surface area contributed by atoms with Crippen molar-refractivity contribution in [1.29, 1.82) is 0 Å². The Bertz CT molecular complexity index is 1600. The SMILES string of the molecule is CNC(=O)c1ccc2c3ccc(C(N)=O)c4c(C(N)=O)ccc(c5ccc(C(=O)NC)c1c25)c43. The van der Waals surface area contributed by atoms with E-state index in [9.17, 15) is 19.2 Å². The number of carbonyl (C=O) groups excluding carboxylic acids is 4. The van der Waals surface area contributed by atoms with E-state index in [1.807, 2.05) is 12.1 Å². The standard InChI is InChI=1S/C26H20N4O4/c1-29-25(33)17-9-5-13-11-3-7-15(23(27)31)21-16(24(28)32)8-4-12(19(11)21)14-6-10-18(26(34)30-2)22(17)20(13)14/h3-10H,1-2H3,(H2,27,31)(H2,28,32)(H,29,33)(H,30,34). The van der Waals surface area contributed by atoms with Crippen LogP contribution in [0.4, 0.5) is 0 Å². The molecule has 0 saturated heterocycles. The highest BCUT2D eigenvalue weighted by atomic mass is 16.2. The fourth-order valence-electron chi connectivity index (χ4n) is 4.95. The van der Waals surface area contributed by atoms with Crippen LogP contribution in [0.3, 0.4) is 0 Å². The number of carbonyl (C=O) groups is 4. The lowest BCUT2D eigenvalue weighted by Gasteiger charge is -2.19. The van der Waals surface area contributed by atoms with E-state index in [-0.39, 0.29) is 22.9 Å². The lowest BCUT2D eigenvalue weighted by Crippen LogP contribution is -2.22. The first-order chi connectivity index (χ1) is 16.3. The van der Waals surface area contributed by atoms with Crippen LogP contribution in [0.5, 0.6) is 0 Å². The van der Waals surface area contributed by atoms with Gasteiger partial charge in [-0.2, -0.15) is 0 Å². The molecule has 4 amide bonds. The first-order valence-electron chi connectivity index (χ1n) is 10.5. The molecular formula is C26H20N4O4. The van der Waals surface area contributed by atoms with Crippen molar-refractivity contribution in [2.24, 2.45) is 11.5 Å². The molecule has 0 atom stereocenters. The first kappa shape index (κ1) is 21.1. The predicted octanol–water partition coefficient (Wildman–Crippen LogP) is 2.65. The molecule has 0 aliphatic heterocycles. The number of amides is 4. The summed E-state index contributed by atoms with van der Waals surface area (Å²) in [6.07, 6.45) is 0. The lowest BCUT2D eigenvalue weighted by atomic mass is 9.84. The summed E-state index contributed by atoms with van der Waals surface area (Å²) in [4.78, 5) is 50.0. The Kier molecular flexibility index (Phi) is 4.61. The van der Waals surface area contributed by atoms with Gasteiger partial charge in [-0.1, -0.05) is 24.3 Å². The number of hydrogen-bond donors (Lipinski definition) is 4. The second-order valence-corrected chi connectivity index (χ2v) is 8.03. The average Bonchev–Trinajstić information content (AvgIpc) is 2.84. The summed E-state index contributed by atoms with van der Waals surface area (Å²) in [5, 5.41) is 10.6. The molecule has 5 aromatic rings. The average molecular weight is 452 g/mol. The molecule has 8 heteroatoms. The quantitative estimate of drug-likeness (QED) is 0.245. The highest BCUT2D eigenvalue weighted by Crippen LogP contribution is 2.43. The Morgan fingerprint density at radius 3 is 1.09 bits per heavy atom. The number of hydrogen-bond acceptors (Lipinski definition) is 4. The molecule has 0 bridgehead atoms. The molecule has 0 saturated carbocycles. The summed E-state index contributed by atoms with van der Waals surface area (Å²) in [5.74, 6) is -1.99. The normalized spacial score (nSPS) is 11.4. The first-order valence-corrected chi connectivity index (χ1v) is 10.5. The van der Waals surface area contributed by atoms with Gasteiger partial charge in [-0.25, -0.2) is 0 Å². The minimum absolute atomic E-state index is 0.193. The fraction of sp³-hybridized carbons (Fsp3) is 0.0769. The van der Waals surface area contributed by atoms with Crippen molar-refractivity contribution in [1.82, 2.24) is 10.6 Å². The Balaban J connectivity index is 2.12. The van der Waals surface area contributed by atoms with Gasteiger partial charge in [0, 0.05) is 47.1 Å². The second-order valence-electron chi connectivity index (χ2n) is 8.03. The number of benzene rings is 5. The van der Waals surface area contributed by atoms with E-state index in [0.717, 1.165) is 26.9 Å². The van der Waals surface area contributed by atoms with E-state index < -0.39 is 11.8 Å². The summed E-state index contributed by atoms with van der Waals surface area (Å²) >= 11 is 0. The topological polar surface area (TPSA) is 144 Å². The molecule has 0 radical (unpaired) electrons. The van der Waals surface area contributed by atoms with Crippen molar-refractivity contribution in [3.8, 4) is 0 Å².